The van der Waals surface area contributed by atoms with Crippen LogP contribution in [-0.2, 0) is 54.1 Å². The third-order valence-electron chi connectivity index (χ3n) is 25.7. The summed E-state index contributed by atoms with van der Waals surface area (Å²) in [5.41, 5.74) is 30.9. The molecule has 0 amide bonds. The molecule has 0 atom stereocenters. The molecule has 0 saturated carbocycles. The molecule has 0 bridgehead atoms. The standard InChI is InChI=1S/C38H54.C23H24.C22H20.C22H22.2C16H18/c1-34(2,3)29-17-25(27-19-30(35(4,5)6)23-31(20-27)36(7,8)9)16-26(18-29)28-21-32(37(10,11)12)24-33(22-28)38(13,14)15;1-17-9-8-12-19(13-17)21-14-20(18-10-6-5-7-11-18)15-22(16-21)23(2,3)4;1-22(2,3)15-12-13-20-18-10-5-4-8-16(18)17-9-6-7-11-19(17)21(20)14-15;1-22(2,3)21-15-19(17-10-6-4-7-11-17)14-20(16-21)18-12-8-5-9-13-18;1-16(2,3)15-11-7-10-14(12-15)13-8-5-4-6-9-13;1-16(2,3)15-11-9-14(10-12-15)13-7-5-4-6-8-13/h16-24H,1-15H3;5-16H,1-4H3;4-14H,1-3H3;4-16H,1-3H3;2*4-12H,1-3H3/i;5D,6D,7D,8D,9D,10D,11D,12D,13D;;;;. The Labute approximate surface area is 840 Å². The second-order valence-corrected chi connectivity index (χ2v) is 47.5. The number of benzene rings is 17. The van der Waals surface area contributed by atoms with E-state index in [9.17, 15) is 0 Å². The molecule has 0 heterocycles. The van der Waals surface area contributed by atoms with Gasteiger partial charge in [-0.15, -0.1) is 0 Å². The molecule has 0 aliphatic heterocycles. The van der Waals surface area contributed by atoms with Gasteiger partial charge in [0.25, 0.3) is 0 Å². The molecule has 0 N–H and O–H groups in total. The van der Waals surface area contributed by atoms with Crippen LogP contribution >= 0.6 is 0 Å². The van der Waals surface area contributed by atoms with Crippen LogP contribution in [0.25, 0.3) is 121 Å². The highest BCUT2D eigenvalue weighted by atomic mass is 14.3. The molecule has 0 nitrogen and oxygen atoms in total. The van der Waals surface area contributed by atoms with Crippen molar-refractivity contribution in [3.63, 3.8) is 0 Å². The molecule has 17 aromatic carbocycles. The zero-order chi connectivity index (χ0) is 107. The van der Waals surface area contributed by atoms with E-state index < -0.39 is 18.1 Å². The minimum absolute atomic E-state index is 0.0333. The van der Waals surface area contributed by atoms with Gasteiger partial charge in [-0.2, -0.15) is 0 Å². The van der Waals surface area contributed by atoms with Crippen LogP contribution in [0.1, 0.15) is 281 Å². The van der Waals surface area contributed by atoms with Gasteiger partial charge >= 0.3 is 0 Å². The Morgan fingerprint density at radius 2 is 0.365 bits per heavy atom. The maximum Gasteiger partial charge on any atom is 0.0632 e. The molecular formula is C137H156. The van der Waals surface area contributed by atoms with Crippen LogP contribution in [0.5, 0.6) is 0 Å². The second kappa shape index (κ2) is 42.2. The highest BCUT2D eigenvalue weighted by Gasteiger charge is 2.28. The van der Waals surface area contributed by atoms with Crippen molar-refractivity contribution in [1.29, 1.82) is 0 Å². The summed E-state index contributed by atoms with van der Waals surface area (Å²) in [6.07, 6.45) is 0. The lowest BCUT2D eigenvalue weighted by atomic mass is 9.77. The topological polar surface area (TPSA) is 0 Å². The van der Waals surface area contributed by atoms with Gasteiger partial charge in [0.15, 0.2) is 0 Å². The number of hydrogen-bond donors (Lipinski definition) is 0. The van der Waals surface area contributed by atoms with Crippen LogP contribution in [0.4, 0.5) is 0 Å². The molecule has 0 aromatic heterocycles. The lowest BCUT2D eigenvalue weighted by Gasteiger charge is -2.28. The van der Waals surface area contributed by atoms with Crippen LogP contribution in [0.15, 0.2) is 382 Å². The molecule has 0 radical (unpaired) electrons. The molecule has 0 spiro atoms. The van der Waals surface area contributed by atoms with Gasteiger partial charge in [-0.3, -0.25) is 0 Å². The predicted molar refractivity (Wildman–Crippen MR) is 606 cm³/mol. The Kier molecular flexibility index (Phi) is 28.0. The molecule has 0 aliphatic rings. The molecule has 17 rings (SSSR count). The van der Waals surface area contributed by atoms with Crippen LogP contribution in [0.2, 0.25) is 0 Å². The quantitative estimate of drug-likeness (QED) is 0.133. The lowest BCUT2D eigenvalue weighted by Crippen LogP contribution is -2.17. The Hall–Kier alpha value is -12.5. The van der Waals surface area contributed by atoms with E-state index in [0.717, 1.165) is 5.56 Å². The largest absolute Gasteiger partial charge is 0.0632 e. The van der Waals surface area contributed by atoms with Crippen LogP contribution in [-0.4, -0.2) is 0 Å². The van der Waals surface area contributed by atoms with E-state index in [2.05, 4.69) is 490 Å². The third kappa shape index (κ3) is 27.7. The molecule has 0 heteroatoms. The lowest BCUT2D eigenvalue weighted by molar-refractivity contribution is 0.568. The zero-order valence-electron chi connectivity index (χ0n) is 97.2. The summed E-state index contributed by atoms with van der Waals surface area (Å²) in [6.45, 7) is 69.4. The fourth-order valence-corrected chi connectivity index (χ4v) is 16.7. The zero-order valence-corrected chi connectivity index (χ0v) is 88.2. The summed E-state index contributed by atoms with van der Waals surface area (Å²) >= 11 is 0. The molecule has 0 aliphatic carbocycles. The minimum atomic E-state index is -0.474. The van der Waals surface area contributed by atoms with Crippen molar-refractivity contribution in [1.82, 2.24) is 0 Å². The van der Waals surface area contributed by atoms with E-state index in [-0.39, 0.29) is 107 Å². The first-order chi connectivity index (χ1) is 67.9. The maximum absolute atomic E-state index is 8.51. The Morgan fingerprint density at radius 3 is 0.701 bits per heavy atom. The van der Waals surface area contributed by atoms with E-state index in [1.165, 1.54) is 149 Å². The van der Waals surface area contributed by atoms with Crippen LogP contribution in [0.3, 0.4) is 0 Å². The average molecular weight is 1810 g/mol. The van der Waals surface area contributed by atoms with E-state index in [1.807, 2.05) is 26.8 Å². The average Bonchev–Trinajstić information content (AvgIpc) is 0.744. The normalized spacial score (nSPS) is 13.1. The van der Waals surface area contributed by atoms with Gasteiger partial charge in [0, 0.05) is 0 Å². The number of rotatable bonds is 8. The van der Waals surface area contributed by atoms with Crippen molar-refractivity contribution in [2.45, 2.75) is 269 Å². The monoisotopic (exact) mass is 1810 g/mol. The van der Waals surface area contributed by atoms with E-state index in [0.29, 0.717) is 11.1 Å². The SMILES string of the molecule is CC(C)(C)c1cc(-c2cc(C(C)(C)C)cc(C(C)(C)C)c2)cc(-c2cc(C(C)(C)C)cc(C(C)(C)C)c2)c1.CC(C)(C)c1cc(-c2ccccc2)cc(-c2ccccc2)c1.CC(C)(C)c1ccc(-c2ccccc2)cc1.CC(C)(C)c1ccc2c3ccccc3c3ccccc3c2c1.CC(C)(C)c1cccc(-c2ccccc2)c1.[2H]c1c([2H])c([2H])c(-c2cc(-c3c([2H])c([2H])c([2H])c(C)c3[2H])cc(C(C)(C)C)c2)c([2H])c1[2H]. The van der Waals surface area contributed by atoms with E-state index in [4.69, 9.17) is 12.3 Å². The maximum atomic E-state index is 8.51. The van der Waals surface area contributed by atoms with Crippen molar-refractivity contribution >= 4 is 32.3 Å². The number of fused-ring (bicyclic) bond motifs is 6. The molecule has 0 unspecified atom stereocenters. The van der Waals surface area contributed by atoms with Crippen molar-refractivity contribution in [3.05, 3.63) is 443 Å². The van der Waals surface area contributed by atoms with Crippen LogP contribution < -0.4 is 0 Å². The Bertz CT molecular complexity index is 7080. The van der Waals surface area contributed by atoms with Gasteiger partial charge in [-0.25, -0.2) is 0 Å². The fourth-order valence-electron chi connectivity index (χ4n) is 16.7. The van der Waals surface area contributed by atoms with Gasteiger partial charge in [0.05, 0.1) is 12.3 Å². The molecule has 137 heavy (non-hydrogen) atoms. The van der Waals surface area contributed by atoms with Gasteiger partial charge in [0.2, 0.25) is 0 Å². The van der Waals surface area contributed by atoms with Crippen molar-refractivity contribution in [3.8, 4) is 89.0 Å². The Morgan fingerprint density at radius 1 is 0.139 bits per heavy atom. The van der Waals surface area contributed by atoms with Crippen LogP contribution in [0, 0.1) is 6.92 Å². The summed E-state index contributed by atoms with van der Waals surface area (Å²) in [6, 6.07) is 116. The van der Waals surface area contributed by atoms with Gasteiger partial charge < -0.3 is 0 Å². The molecule has 17 aromatic rings. The molecule has 0 fully saturated rings. The minimum Gasteiger partial charge on any atom is -0.0622 e. The third-order valence-corrected chi connectivity index (χ3v) is 25.7. The molecule has 0 saturated heterocycles. The fraction of sp³-hybridized carbons (Fsp3) is 0.299. The van der Waals surface area contributed by atoms with Crippen molar-refractivity contribution in [2.24, 2.45) is 0 Å². The first-order valence-corrected chi connectivity index (χ1v) is 49.1. The Balaban J connectivity index is 0.000000160. The van der Waals surface area contributed by atoms with Gasteiger partial charge in [-0.05, 0) is 262 Å². The smallest absolute Gasteiger partial charge is 0.0622 e. The van der Waals surface area contributed by atoms with Gasteiger partial charge in [-0.1, -0.05) is 571 Å². The first kappa shape index (κ1) is 91.0. The first-order valence-electron chi connectivity index (χ1n) is 53.6. The molecule has 704 valence electrons. The highest BCUT2D eigenvalue weighted by molar-refractivity contribution is 6.25. The predicted octanol–water partition coefficient (Wildman–Crippen LogP) is 40.2. The highest BCUT2D eigenvalue weighted by Crippen LogP contribution is 2.44. The summed E-state index contributed by atoms with van der Waals surface area (Å²) < 4.78 is 73.6. The number of hydrogen-bond acceptors (Lipinski definition) is 0. The van der Waals surface area contributed by atoms with E-state index in [1.54, 1.807) is 25.1 Å². The summed E-state index contributed by atoms with van der Waals surface area (Å²) in [5, 5.41) is 8.09. The summed E-state index contributed by atoms with van der Waals surface area (Å²) in [5.74, 6) is 0. The molecular weight excluding hydrogens is 1650 g/mol. The second-order valence-electron chi connectivity index (χ2n) is 47.5. The summed E-state index contributed by atoms with van der Waals surface area (Å²) in [7, 11) is 0. The summed E-state index contributed by atoms with van der Waals surface area (Å²) in [4.78, 5) is 0. The van der Waals surface area contributed by atoms with E-state index >= 15 is 0 Å². The van der Waals surface area contributed by atoms with Gasteiger partial charge in [0.1, 0.15) is 0 Å². The van der Waals surface area contributed by atoms with Crippen molar-refractivity contribution < 1.29 is 12.3 Å². The van der Waals surface area contributed by atoms with Crippen molar-refractivity contribution in [2.75, 3.05) is 0 Å².